The molecule has 3 unspecified atom stereocenters. The van der Waals surface area contributed by atoms with Crippen molar-refractivity contribution in [2.75, 3.05) is 19.0 Å². The molecule has 0 saturated heterocycles. The average Bonchev–Trinajstić information content (AvgIpc) is 2.71. The number of aromatic nitrogens is 1. The predicted octanol–water partition coefficient (Wildman–Crippen LogP) is 4.73. The third-order valence-corrected chi connectivity index (χ3v) is 6.62. The summed E-state index contributed by atoms with van der Waals surface area (Å²) in [6.07, 6.45) is 2.61. The predicted molar refractivity (Wildman–Crippen MR) is 108 cm³/mol. The Hall–Kier alpha value is -1.30. The first-order valence-electron chi connectivity index (χ1n) is 9.24. The molecule has 5 nitrogen and oxygen atoms in total. The van der Waals surface area contributed by atoms with E-state index in [0.29, 0.717) is 6.04 Å². The van der Waals surface area contributed by atoms with Crippen LogP contribution in [0, 0.1) is 0 Å². The number of hydrogen-bond acceptors (Lipinski definition) is 4. The van der Waals surface area contributed by atoms with Crippen LogP contribution in [0.25, 0.3) is 0 Å². The summed E-state index contributed by atoms with van der Waals surface area (Å²) < 4.78 is 6.49. The Morgan fingerprint density at radius 1 is 1.38 bits per heavy atom. The molecule has 6 heteroatoms. The number of pyridine rings is 1. The molecule has 0 bridgehead atoms. The molecule has 0 aromatic carbocycles. The summed E-state index contributed by atoms with van der Waals surface area (Å²) >= 11 is 3.49. The largest absolute Gasteiger partial charge is 0.444 e. The van der Waals surface area contributed by atoms with Crippen molar-refractivity contribution in [1.82, 2.24) is 9.88 Å². The molecule has 1 aromatic rings. The number of rotatable bonds is 1. The van der Waals surface area contributed by atoms with Gasteiger partial charge in [-0.05, 0) is 69.0 Å². The zero-order valence-corrected chi connectivity index (χ0v) is 18.5. The van der Waals surface area contributed by atoms with Gasteiger partial charge in [-0.15, -0.1) is 0 Å². The molecule has 2 aliphatic rings. The van der Waals surface area contributed by atoms with Crippen molar-refractivity contribution in [3.63, 3.8) is 0 Å². The molecule has 26 heavy (non-hydrogen) atoms. The molecule has 144 valence electrons. The lowest BCUT2D eigenvalue weighted by Crippen LogP contribution is -2.58. The molecule has 1 aliphatic carbocycles. The van der Waals surface area contributed by atoms with Gasteiger partial charge in [-0.3, -0.25) is 0 Å². The van der Waals surface area contributed by atoms with E-state index in [4.69, 9.17) is 9.72 Å². The number of nitrogens with zero attached hydrogens (tertiary/aromatic N) is 3. The fourth-order valence-corrected chi connectivity index (χ4v) is 5.08. The Morgan fingerprint density at radius 3 is 2.65 bits per heavy atom. The Morgan fingerprint density at radius 2 is 2.04 bits per heavy atom. The van der Waals surface area contributed by atoms with Gasteiger partial charge in [0.05, 0.1) is 0 Å². The average molecular weight is 424 g/mol. The highest BCUT2D eigenvalue weighted by Gasteiger charge is 2.55. The van der Waals surface area contributed by atoms with Crippen LogP contribution >= 0.6 is 15.9 Å². The fourth-order valence-electron chi connectivity index (χ4n) is 4.78. The van der Waals surface area contributed by atoms with Crippen LogP contribution in [0.4, 0.5) is 10.6 Å². The van der Waals surface area contributed by atoms with E-state index in [1.165, 1.54) is 5.56 Å². The second kappa shape index (κ2) is 6.11. The highest BCUT2D eigenvalue weighted by molar-refractivity contribution is 9.10. The molecule has 0 N–H and O–H groups in total. The lowest BCUT2D eigenvalue weighted by molar-refractivity contribution is -0.00839. The quantitative estimate of drug-likeness (QED) is 0.612. The second-order valence-corrected chi connectivity index (χ2v) is 10.1. The maximum atomic E-state index is 12.7. The molecule has 1 saturated carbocycles. The van der Waals surface area contributed by atoms with Crippen molar-refractivity contribution in [3.05, 3.63) is 22.3 Å². The number of likely N-dealkylation sites (N-methyl/N-ethyl adjacent to an activating group) is 1. The van der Waals surface area contributed by atoms with Crippen LogP contribution in [0.15, 0.2) is 16.7 Å². The van der Waals surface area contributed by atoms with Crippen LogP contribution in [0.1, 0.15) is 59.4 Å². The van der Waals surface area contributed by atoms with Gasteiger partial charge in [0, 0.05) is 36.7 Å². The molecule has 1 fully saturated rings. The number of ether oxygens (including phenoxy) is 1. The zero-order valence-electron chi connectivity index (χ0n) is 16.9. The Kier molecular flexibility index (Phi) is 4.57. The summed E-state index contributed by atoms with van der Waals surface area (Å²) in [6.45, 7) is 10.2. The van der Waals surface area contributed by atoms with Crippen LogP contribution in [-0.2, 0) is 10.2 Å². The first-order valence-corrected chi connectivity index (χ1v) is 10.0. The van der Waals surface area contributed by atoms with E-state index in [1.807, 2.05) is 38.8 Å². The van der Waals surface area contributed by atoms with Gasteiger partial charge in [0.25, 0.3) is 0 Å². The van der Waals surface area contributed by atoms with E-state index in [0.717, 1.165) is 29.7 Å². The number of carbonyl (C=O) groups excluding carboxylic acids is 1. The van der Waals surface area contributed by atoms with Gasteiger partial charge in [-0.1, -0.05) is 13.0 Å². The first kappa shape index (κ1) is 19.5. The lowest BCUT2D eigenvalue weighted by atomic mass is 9.63. The molecule has 1 aromatic heterocycles. The van der Waals surface area contributed by atoms with Crippen molar-refractivity contribution in [2.45, 2.75) is 76.5 Å². The highest BCUT2D eigenvalue weighted by Crippen LogP contribution is 2.54. The van der Waals surface area contributed by atoms with Crippen LogP contribution < -0.4 is 4.90 Å². The van der Waals surface area contributed by atoms with Gasteiger partial charge >= 0.3 is 6.09 Å². The van der Waals surface area contributed by atoms with E-state index >= 15 is 0 Å². The standard InChI is InChI=1S/C20H30BrN3O2/c1-18(2,3)26-17(25)24(7)19(4)11-10-14-20(5,12-19)13-8-9-15(21)22-16(13)23(14)6/h8-9,14H,10-12H2,1-7H3. The minimum atomic E-state index is -0.487. The third-order valence-electron chi connectivity index (χ3n) is 6.18. The monoisotopic (exact) mass is 423 g/mol. The maximum Gasteiger partial charge on any atom is 0.410 e. The Labute approximate surface area is 165 Å². The van der Waals surface area contributed by atoms with E-state index in [-0.39, 0.29) is 17.0 Å². The van der Waals surface area contributed by atoms with Crippen molar-refractivity contribution in [3.8, 4) is 0 Å². The van der Waals surface area contributed by atoms with Gasteiger partial charge in [0.1, 0.15) is 16.0 Å². The van der Waals surface area contributed by atoms with Gasteiger partial charge in [0.15, 0.2) is 0 Å². The SMILES string of the molecule is CN1c2nc(Br)ccc2C2(C)CC(C)(N(C)C(=O)OC(C)(C)C)CCC12. The van der Waals surface area contributed by atoms with Gasteiger partial charge < -0.3 is 14.5 Å². The van der Waals surface area contributed by atoms with Gasteiger partial charge in [-0.2, -0.15) is 0 Å². The topological polar surface area (TPSA) is 45.7 Å². The number of fused-ring (bicyclic) bond motifs is 3. The molecular formula is C20H30BrN3O2. The smallest absolute Gasteiger partial charge is 0.410 e. The number of carbonyl (C=O) groups is 1. The fraction of sp³-hybridized carbons (Fsp3) is 0.700. The molecule has 2 heterocycles. The van der Waals surface area contributed by atoms with E-state index < -0.39 is 5.60 Å². The van der Waals surface area contributed by atoms with Crippen molar-refractivity contribution >= 4 is 27.8 Å². The first-order chi connectivity index (χ1) is 11.9. The van der Waals surface area contributed by atoms with Crippen LogP contribution in [-0.4, -0.2) is 47.3 Å². The summed E-state index contributed by atoms with van der Waals surface area (Å²) in [5.74, 6) is 1.05. The summed E-state index contributed by atoms with van der Waals surface area (Å²) in [4.78, 5) is 21.5. The van der Waals surface area contributed by atoms with Crippen molar-refractivity contribution in [2.24, 2.45) is 0 Å². The number of amides is 1. The van der Waals surface area contributed by atoms with E-state index in [9.17, 15) is 4.79 Å². The minimum Gasteiger partial charge on any atom is -0.444 e. The lowest BCUT2D eigenvalue weighted by Gasteiger charge is -2.51. The highest BCUT2D eigenvalue weighted by atomic mass is 79.9. The second-order valence-electron chi connectivity index (χ2n) is 9.30. The summed E-state index contributed by atoms with van der Waals surface area (Å²) in [5, 5.41) is 0. The molecule has 0 spiro atoms. The van der Waals surface area contributed by atoms with Crippen LogP contribution in [0.5, 0.6) is 0 Å². The third kappa shape index (κ3) is 3.10. The van der Waals surface area contributed by atoms with Gasteiger partial charge in [0.2, 0.25) is 0 Å². The van der Waals surface area contributed by atoms with Gasteiger partial charge in [-0.25, -0.2) is 9.78 Å². The van der Waals surface area contributed by atoms with E-state index in [1.54, 1.807) is 0 Å². The molecular weight excluding hydrogens is 394 g/mol. The number of anilines is 1. The van der Waals surface area contributed by atoms with Crippen LogP contribution in [0.2, 0.25) is 0 Å². The van der Waals surface area contributed by atoms with Crippen molar-refractivity contribution < 1.29 is 9.53 Å². The maximum absolute atomic E-state index is 12.7. The van der Waals surface area contributed by atoms with Crippen molar-refractivity contribution in [1.29, 1.82) is 0 Å². The Balaban J connectivity index is 1.91. The van der Waals surface area contributed by atoms with Crippen LogP contribution in [0.3, 0.4) is 0 Å². The normalized spacial score (nSPS) is 30.6. The molecule has 1 amide bonds. The molecule has 1 aliphatic heterocycles. The number of halogens is 1. The number of hydrogen-bond donors (Lipinski definition) is 0. The minimum absolute atomic E-state index is 0.0406. The summed E-state index contributed by atoms with van der Waals surface area (Å²) in [5.41, 5.74) is 0.500. The van der Waals surface area contributed by atoms with E-state index in [2.05, 4.69) is 47.8 Å². The zero-order chi connectivity index (χ0) is 19.5. The summed E-state index contributed by atoms with van der Waals surface area (Å²) in [7, 11) is 4.01. The Bertz CT molecular complexity index is 732. The molecule has 0 radical (unpaired) electrons. The molecule has 3 rings (SSSR count). The summed E-state index contributed by atoms with van der Waals surface area (Å²) in [6, 6.07) is 4.60. The molecule has 3 atom stereocenters.